The minimum Gasteiger partial charge on any atom is -0.340 e. The van der Waals surface area contributed by atoms with E-state index in [2.05, 4.69) is 25.1 Å². The number of nitrogens with one attached hydrogen (secondary N) is 2. The quantitative estimate of drug-likeness (QED) is 0.416. The molecule has 8 nitrogen and oxygen atoms in total. The third-order valence-electron chi connectivity index (χ3n) is 4.98. The van der Waals surface area contributed by atoms with Crippen LogP contribution >= 0.6 is 0 Å². The summed E-state index contributed by atoms with van der Waals surface area (Å²) in [4.78, 5) is 8.83. The van der Waals surface area contributed by atoms with Crippen molar-refractivity contribution < 1.29 is 8.42 Å². The number of nitrogens with zero attached hydrogens (tertiary/aromatic N) is 4. The second-order valence-electron chi connectivity index (χ2n) is 7.47. The average Bonchev–Trinajstić information content (AvgIpc) is 3.14. The van der Waals surface area contributed by atoms with Gasteiger partial charge in [0.2, 0.25) is 0 Å². The Kier molecular flexibility index (Phi) is 4.75. The van der Waals surface area contributed by atoms with Gasteiger partial charge in [0.1, 0.15) is 11.6 Å². The lowest BCUT2D eigenvalue weighted by Crippen LogP contribution is -2.13. The zero-order valence-corrected chi connectivity index (χ0v) is 18.3. The molecule has 0 aliphatic rings. The fourth-order valence-electron chi connectivity index (χ4n) is 3.51. The zero-order chi connectivity index (χ0) is 22.3. The van der Waals surface area contributed by atoms with Crippen molar-refractivity contribution in [3.8, 4) is 0 Å². The van der Waals surface area contributed by atoms with E-state index in [-0.39, 0.29) is 4.90 Å². The minimum atomic E-state index is -3.72. The molecule has 2 heterocycles. The molecule has 32 heavy (non-hydrogen) atoms. The van der Waals surface area contributed by atoms with Gasteiger partial charge in [-0.15, -0.1) is 5.10 Å². The number of hydrogen-bond donors (Lipinski definition) is 2. The number of aromatic nitrogens is 4. The van der Waals surface area contributed by atoms with Gasteiger partial charge < -0.3 is 5.32 Å². The summed E-state index contributed by atoms with van der Waals surface area (Å²) in [6.45, 7) is 3.68. The summed E-state index contributed by atoms with van der Waals surface area (Å²) >= 11 is 0. The van der Waals surface area contributed by atoms with E-state index in [4.69, 9.17) is 0 Å². The fraction of sp³-hybridized carbons (Fsp3) is 0.0870. The Balaban J connectivity index is 1.39. The lowest BCUT2D eigenvalue weighted by Gasteiger charge is -2.11. The van der Waals surface area contributed by atoms with Crippen LogP contribution in [-0.4, -0.2) is 28.0 Å². The molecule has 5 rings (SSSR count). The summed E-state index contributed by atoms with van der Waals surface area (Å²) in [5, 5.41) is 9.62. The highest BCUT2D eigenvalue weighted by atomic mass is 32.2. The van der Waals surface area contributed by atoms with Crippen LogP contribution in [0.15, 0.2) is 77.7 Å². The summed E-state index contributed by atoms with van der Waals surface area (Å²) in [6, 6.07) is 21.7. The Morgan fingerprint density at radius 1 is 0.812 bits per heavy atom. The molecule has 0 saturated carbocycles. The Morgan fingerprint density at radius 3 is 2.31 bits per heavy atom. The summed E-state index contributed by atoms with van der Waals surface area (Å²) in [6.07, 6.45) is 0. The largest absolute Gasteiger partial charge is 0.340 e. The lowest BCUT2D eigenvalue weighted by atomic mass is 10.1. The van der Waals surface area contributed by atoms with Crippen molar-refractivity contribution in [3.63, 3.8) is 0 Å². The van der Waals surface area contributed by atoms with Gasteiger partial charge in [0.05, 0.1) is 4.90 Å². The first-order valence-electron chi connectivity index (χ1n) is 9.97. The number of hydrogen-bond acceptors (Lipinski definition) is 6. The highest BCUT2D eigenvalue weighted by molar-refractivity contribution is 7.92. The SMILES string of the molecule is Cc1cc(Nc2ccc(S(=O)(=O)Nc3ccc4ccccc4c3)cc2)n2nc(C)nc2n1. The molecule has 0 aliphatic carbocycles. The van der Waals surface area contributed by atoms with Gasteiger partial charge in [-0.3, -0.25) is 4.72 Å². The molecule has 2 aromatic heterocycles. The van der Waals surface area contributed by atoms with Gasteiger partial charge in [0, 0.05) is 23.1 Å². The van der Waals surface area contributed by atoms with E-state index in [1.165, 1.54) is 0 Å². The number of rotatable bonds is 5. The van der Waals surface area contributed by atoms with E-state index in [0.29, 0.717) is 23.1 Å². The summed E-state index contributed by atoms with van der Waals surface area (Å²) < 4.78 is 30.0. The summed E-state index contributed by atoms with van der Waals surface area (Å²) in [5.41, 5.74) is 2.03. The Labute approximate surface area is 185 Å². The van der Waals surface area contributed by atoms with Gasteiger partial charge >= 0.3 is 0 Å². The van der Waals surface area contributed by atoms with Crippen molar-refractivity contribution in [2.75, 3.05) is 10.0 Å². The van der Waals surface area contributed by atoms with Gasteiger partial charge in [-0.05, 0) is 61.0 Å². The molecule has 0 fully saturated rings. The molecule has 0 saturated heterocycles. The molecule has 0 bridgehead atoms. The Hall–Kier alpha value is -3.98. The predicted octanol–water partition coefficient (Wildman–Crippen LogP) is 4.44. The number of benzene rings is 3. The van der Waals surface area contributed by atoms with Crippen molar-refractivity contribution in [1.29, 1.82) is 0 Å². The van der Waals surface area contributed by atoms with E-state index < -0.39 is 10.0 Å². The van der Waals surface area contributed by atoms with Gasteiger partial charge in [0.15, 0.2) is 0 Å². The minimum absolute atomic E-state index is 0.170. The first-order valence-corrected chi connectivity index (χ1v) is 11.5. The van der Waals surface area contributed by atoms with Crippen molar-refractivity contribution in [3.05, 3.63) is 84.3 Å². The lowest BCUT2D eigenvalue weighted by molar-refractivity contribution is 0.601. The van der Waals surface area contributed by atoms with Crippen molar-refractivity contribution in [2.45, 2.75) is 18.7 Å². The predicted molar refractivity (Wildman–Crippen MR) is 125 cm³/mol. The van der Waals surface area contributed by atoms with E-state index in [1.807, 2.05) is 49.4 Å². The van der Waals surface area contributed by atoms with Crippen molar-refractivity contribution in [1.82, 2.24) is 19.6 Å². The molecule has 9 heteroatoms. The van der Waals surface area contributed by atoms with Gasteiger partial charge in [0.25, 0.3) is 15.8 Å². The van der Waals surface area contributed by atoms with Crippen molar-refractivity contribution >= 4 is 43.8 Å². The first-order chi connectivity index (χ1) is 15.4. The van der Waals surface area contributed by atoms with Gasteiger partial charge in [-0.25, -0.2) is 13.4 Å². The monoisotopic (exact) mass is 444 g/mol. The maximum Gasteiger partial charge on any atom is 0.261 e. The van der Waals surface area contributed by atoms with E-state index in [1.54, 1.807) is 41.8 Å². The first kappa shape index (κ1) is 20.0. The third kappa shape index (κ3) is 3.85. The number of aryl methyl sites for hydroxylation is 2. The molecule has 0 unspecified atom stereocenters. The Morgan fingerprint density at radius 2 is 1.53 bits per heavy atom. The van der Waals surface area contributed by atoms with Crippen LogP contribution in [-0.2, 0) is 10.0 Å². The van der Waals surface area contributed by atoms with E-state index in [0.717, 1.165) is 22.2 Å². The summed E-state index contributed by atoms with van der Waals surface area (Å²) in [7, 11) is -3.72. The third-order valence-corrected chi connectivity index (χ3v) is 6.38. The summed E-state index contributed by atoms with van der Waals surface area (Å²) in [5.74, 6) is 1.81. The van der Waals surface area contributed by atoms with E-state index >= 15 is 0 Å². The highest BCUT2D eigenvalue weighted by Gasteiger charge is 2.15. The smallest absolute Gasteiger partial charge is 0.261 e. The molecular weight excluding hydrogens is 424 g/mol. The normalized spacial score (nSPS) is 11.7. The molecule has 0 atom stereocenters. The fourth-order valence-corrected chi connectivity index (χ4v) is 4.56. The van der Waals surface area contributed by atoms with Gasteiger partial charge in [-0.1, -0.05) is 30.3 Å². The molecule has 0 aliphatic heterocycles. The molecule has 5 aromatic rings. The molecule has 0 radical (unpaired) electrons. The van der Waals surface area contributed by atoms with Crippen molar-refractivity contribution in [2.24, 2.45) is 0 Å². The van der Waals surface area contributed by atoms with Crippen LogP contribution in [0.2, 0.25) is 0 Å². The van der Waals surface area contributed by atoms with Crippen LogP contribution in [0.4, 0.5) is 17.2 Å². The van der Waals surface area contributed by atoms with Crippen LogP contribution in [0.1, 0.15) is 11.5 Å². The van der Waals surface area contributed by atoms with E-state index in [9.17, 15) is 8.42 Å². The highest BCUT2D eigenvalue weighted by Crippen LogP contribution is 2.24. The standard InChI is InChI=1S/C23H20N6O2S/c1-15-13-22(29-23(24-15)25-16(2)27-29)26-19-9-11-21(12-10-19)32(30,31)28-20-8-7-17-5-3-4-6-18(17)14-20/h3-14,26,28H,1-2H3. The second kappa shape index (κ2) is 7.61. The van der Waals surface area contributed by atoms with Gasteiger partial charge in [-0.2, -0.15) is 9.50 Å². The zero-order valence-electron chi connectivity index (χ0n) is 17.4. The van der Waals surface area contributed by atoms with Crippen LogP contribution in [0, 0.1) is 13.8 Å². The molecule has 160 valence electrons. The van der Waals surface area contributed by atoms with Crippen LogP contribution < -0.4 is 10.0 Å². The maximum atomic E-state index is 12.9. The average molecular weight is 445 g/mol. The number of anilines is 3. The van der Waals surface area contributed by atoms with Crippen LogP contribution in [0.5, 0.6) is 0 Å². The topological polar surface area (TPSA) is 101 Å². The number of sulfonamides is 1. The maximum absolute atomic E-state index is 12.9. The molecule has 0 spiro atoms. The van der Waals surface area contributed by atoms with Crippen LogP contribution in [0.3, 0.4) is 0 Å². The Bertz CT molecular complexity index is 1560. The molecular formula is C23H20N6O2S. The molecule has 3 aromatic carbocycles. The van der Waals surface area contributed by atoms with Crippen LogP contribution in [0.25, 0.3) is 16.6 Å². The number of fused-ring (bicyclic) bond motifs is 2. The second-order valence-corrected chi connectivity index (χ2v) is 9.15. The molecule has 0 amide bonds. The molecule has 2 N–H and O–H groups in total.